The molecule has 20 heavy (non-hydrogen) atoms. The molecular formula is C17H15FO2. The smallest absolute Gasteiger partial charge is 0.304 e. The summed E-state index contributed by atoms with van der Waals surface area (Å²) in [6, 6.07) is 12.6. The Labute approximate surface area is 116 Å². The highest BCUT2D eigenvalue weighted by molar-refractivity contribution is 5.69. The van der Waals surface area contributed by atoms with Gasteiger partial charge in [-0.1, -0.05) is 30.3 Å². The van der Waals surface area contributed by atoms with Crippen LogP contribution in [0.1, 0.15) is 34.6 Å². The number of fused-ring (bicyclic) bond motifs is 2. The standard InChI is InChI=1S/C17H15FO2/c18-13-7-8-15-12(9-13)6-5-11-3-1-2-4-14(11)16(15)10-17(19)20/h1-4,7-9,16H,5-6,10H2,(H,19,20). The summed E-state index contributed by atoms with van der Waals surface area (Å²) in [7, 11) is 0. The minimum Gasteiger partial charge on any atom is -0.481 e. The van der Waals surface area contributed by atoms with Crippen molar-refractivity contribution in [3.8, 4) is 0 Å². The average molecular weight is 270 g/mol. The Morgan fingerprint density at radius 3 is 2.60 bits per heavy atom. The Kier molecular flexibility index (Phi) is 3.26. The molecule has 0 saturated carbocycles. The fraction of sp³-hybridized carbons (Fsp3) is 0.235. The predicted molar refractivity (Wildman–Crippen MR) is 74.3 cm³/mol. The van der Waals surface area contributed by atoms with Gasteiger partial charge in [-0.25, -0.2) is 4.39 Å². The number of aliphatic carboxylic acids is 1. The molecule has 0 heterocycles. The monoisotopic (exact) mass is 270 g/mol. The van der Waals surface area contributed by atoms with Crippen LogP contribution in [0.4, 0.5) is 4.39 Å². The van der Waals surface area contributed by atoms with Gasteiger partial charge in [0.15, 0.2) is 0 Å². The lowest BCUT2D eigenvalue weighted by atomic mass is 9.86. The first-order chi connectivity index (χ1) is 9.65. The zero-order valence-electron chi connectivity index (χ0n) is 11.0. The molecule has 0 saturated heterocycles. The van der Waals surface area contributed by atoms with Crippen molar-refractivity contribution in [1.82, 2.24) is 0 Å². The maximum absolute atomic E-state index is 13.4. The lowest BCUT2D eigenvalue weighted by Gasteiger charge is -2.18. The second-order valence-electron chi connectivity index (χ2n) is 5.19. The molecule has 1 unspecified atom stereocenters. The van der Waals surface area contributed by atoms with E-state index < -0.39 is 5.97 Å². The molecule has 3 heteroatoms. The number of carbonyl (C=O) groups is 1. The van der Waals surface area contributed by atoms with E-state index in [1.165, 1.54) is 12.1 Å². The summed E-state index contributed by atoms with van der Waals surface area (Å²) < 4.78 is 13.4. The van der Waals surface area contributed by atoms with Crippen molar-refractivity contribution in [3.05, 3.63) is 70.5 Å². The Bertz CT molecular complexity index is 664. The molecule has 0 amide bonds. The predicted octanol–water partition coefficient (Wildman–Crippen LogP) is 3.53. The third-order valence-electron chi connectivity index (χ3n) is 3.95. The van der Waals surface area contributed by atoms with Crippen molar-refractivity contribution in [1.29, 1.82) is 0 Å². The van der Waals surface area contributed by atoms with Gasteiger partial charge >= 0.3 is 5.97 Å². The average Bonchev–Trinajstić information content (AvgIpc) is 2.57. The molecule has 2 aromatic rings. The van der Waals surface area contributed by atoms with Gasteiger partial charge in [-0.2, -0.15) is 0 Å². The van der Waals surface area contributed by atoms with Crippen LogP contribution in [0.25, 0.3) is 0 Å². The minimum absolute atomic E-state index is 0.0373. The molecule has 0 bridgehead atoms. The fourth-order valence-corrected chi connectivity index (χ4v) is 3.06. The Balaban J connectivity index is 2.16. The summed E-state index contributed by atoms with van der Waals surface area (Å²) in [6.45, 7) is 0. The third kappa shape index (κ3) is 2.31. The summed E-state index contributed by atoms with van der Waals surface area (Å²) in [5.41, 5.74) is 4.09. The van der Waals surface area contributed by atoms with E-state index in [0.29, 0.717) is 0 Å². The van der Waals surface area contributed by atoms with Crippen LogP contribution in [-0.4, -0.2) is 11.1 Å². The summed E-state index contributed by atoms with van der Waals surface area (Å²) in [5.74, 6) is -1.28. The molecule has 2 nitrogen and oxygen atoms in total. The maximum atomic E-state index is 13.4. The van der Waals surface area contributed by atoms with Gasteiger partial charge in [0.05, 0.1) is 6.42 Å². The van der Waals surface area contributed by atoms with E-state index in [1.54, 1.807) is 6.07 Å². The van der Waals surface area contributed by atoms with Crippen LogP contribution >= 0.6 is 0 Å². The van der Waals surface area contributed by atoms with Gasteiger partial charge in [0.2, 0.25) is 0 Å². The van der Waals surface area contributed by atoms with E-state index in [1.807, 2.05) is 24.3 Å². The molecule has 102 valence electrons. The Morgan fingerprint density at radius 2 is 1.80 bits per heavy atom. The lowest BCUT2D eigenvalue weighted by molar-refractivity contribution is -0.137. The second-order valence-corrected chi connectivity index (χ2v) is 5.19. The molecule has 0 aromatic heterocycles. The normalized spacial score (nSPS) is 16.9. The summed E-state index contributed by atoms with van der Waals surface area (Å²) in [5, 5.41) is 9.19. The zero-order chi connectivity index (χ0) is 14.1. The van der Waals surface area contributed by atoms with Crippen LogP contribution in [0.3, 0.4) is 0 Å². The first-order valence-electron chi connectivity index (χ1n) is 6.73. The van der Waals surface area contributed by atoms with E-state index >= 15 is 0 Å². The number of rotatable bonds is 2. The molecular weight excluding hydrogens is 255 g/mol. The number of benzene rings is 2. The van der Waals surface area contributed by atoms with E-state index in [4.69, 9.17) is 0 Å². The summed E-state index contributed by atoms with van der Waals surface area (Å²) in [6.07, 6.45) is 1.61. The second kappa shape index (κ2) is 5.08. The number of aryl methyl sites for hydroxylation is 2. The van der Waals surface area contributed by atoms with Crippen LogP contribution in [-0.2, 0) is 17.6 Å². The lowest BCUT2D eigenvalue weighted by Crippen LogP contribution is -2.09. The largest absolute Gasteiger partial charge is 0.481 e. The Hall–Kier alpha value is -2.16. The van der Waals surface area contributed by atoms with Gasteiger partial charge < -0.3 is 5.11 Å². The van der Waals surface area contributed by atoms with Crippen LogP contribution in [0.15, 0.2) is 42.5 Å². The first kappa shape index (κ1) is 12.9. The van der Waals surface area contributed by atoms with E-state index in [9.17, 15) is 14.3 Å². The molecule has 2 aromatic carbocycles. The van der Waals surface area contributed by atoms with Crippen LogP contribution in [0.2, 0.25) is 0 Å². The van der Waals surface area contributed by atoms with Gasteiger partial charge in [0.1, 0.15) is 5.82 Å². The fourth-order valence-electron chi connectivity index (χ4n) is 3.06. The highest BCUT2D eigenvalue weighted by Crippen LogP contribution is 2.36. The number of carboxylic acid groups (broad SMARTS) is 1. The van der Waals surface area contributed by atoms with Crippen molar-refractivity contribution < 1.29 is 14.3 Å². The van der Waals surface area contributed by atoms with E-state index in [0.717, 1.165) is 35.1 Å². The topological polar surface area (TPSA) is 37.3 Å². The van der Waals surface area contributed by atoms with Crippen molar-refractivity contribution in [2.24, 2.45) is 0 Å². The van der Waals surface area contributed by atoms with Crippen LogP contribution in [0.5, 0.6) is 0 Å². The summed E-state index contributed by atoms with van der Waals surface area (Å²) in [4.78, 5) is 11.2. The highest BCUT2D eigenvalue weighted by atomic mass is 19.1. The first-order valence-corrected chi connectivity index (χ1v) is 6.73. The van der Waals surface area contributed by atoms with Crippen LogP contribution < -0.4 is 0 Å². The molecule has 0 fully saturated rings. The molecule has 0 spiro atoms. The van der Waals surface area contributed by atoms with Gasteiger partial charge in [-0.05, 0) is 47.2 Å². The van der Waals surface area contributed by atoms with Gasteiger partial charge in [0, 0.05) is 5.92 Å². The Morgan fingerprint density at radius 1 is 1.10 bits per heavy atom. The van der Waals surface area contributed by atoms with E-state index in [-0.39, 0.29) is 18.2 Å². The van der Waals surface area contributed by atoms with Crippen molar-refractivity contribution in [3.63, 3.8) is 0 Å². The molecule has 0 aliphatic heterocycles. The molecule has 3 rings (SSSR count). The van der Waals surface area contributed by atoms with Gasteiger partial charge in [-0.15, -0.1) is 0 Å². The summed E-state index contributed by atoms with van der Waals surface area (Å²) >= 11 is 0. The highest BCUT2D eigenvalue weighted by Gasteiger charge is 2.25. The van der Waals surface area contributed by atoms with E-state index in [2.05, 4.69) is 0 Å². The molecule has 1 aliphatic rings. The number of carboxylic acids is 1. The van der Waals surface area contributed by atoms with Crippen molar-refractivity contribution >= 4 is 5.97 Å². The maximum Gasteiger partial charge on any atom is 0.304 e. The molecule has 1 N–H and O–H groups in total. The van der Waals surface area contributed by atoms with Crippen molar-refractivity contribution in [2.75, 3.05) is 0 Å². The molecule has 0 radical (unpaired) electrons. The van der Waals surface area contributed by atoms with Crippen molar-refractivity contribution in [2.45, 2.75) is 25.2 Å². The molecule has 1 atom stereocenters. The van der Waals surface area contributed by atoms with Crippen LogP contribution in [0, 0.1) is 5.82 Å². The number of halogens is 1. The quantitative estimate of drug-likeness (QED) is 0.906. The number of hydrogen-bond donors (Lipinski definition) is 1. The SMILES string of the molecule is O=C(O)CC1c2ccccc2CCc2cc(F)ccc21. The van der Waals surface area contributed by atoms with Gasteiger partial charge in [0.25, 0.3) is 0 Å². The number of hydrogen-bond acceptors (Lipinski definition) is 1. The zero-order valence-corrected chi connectivity index (χ0v) is 11.0. The third-order valence-corrected chi connectivity index (χ3v) is 3.95. The minimum atomic E-state index is -0.832. The van der Waals surface area contributed by atoms with Gasteiger partial charge in [-0.3, -0.25) is 4.79 Å². The molecule has 1 aliphatic carbocycles.